The summed E-state index contributed by atoms with van der Waals surface area (Å²) in [5.41, 5.74) is 0.281. The van der Waals surface area contributed by atoms with Crippen molar-refractivity contribution >= 4 is 11.6 Å². The summed E-state index contributed by atoms with van der Waals surface area (Å²) < 4.78 is 13.8. The highest BCUT2D eigenvalue weighted by atomic mass is 19.1. The molecule has 0 bridgehead atoms. The topological polar surface area (TPSA) is 64.3 Å². The van der Waals surface area contributed by atoms with E-state index >= 15 is 0 Å². The standard InChI is InChI=1S/C22H15FN2O2/c23-18-9-5-8-17(12-18)22(27)19-10-3-4-11-20(19)25(21(22)26)14-16-7-2-1-6-15(16)13-24/h1-12,27H,14H2/t22-/m0/s1. The number of nitrogens with zero attached hydrogens (tertiary/aromatic N) is 2. The number of carbonyl (C=O) groups excluding carboxylic acids is 1. The minimum atomic E-state index is -1.97. The van der Waals surface area contributed by atoms with Gasteiger partial charge in [-0.15, -0.1) is 0 Å². The van der Waals surface area contributed by atoms with Gasteiger partial charge in [0.15, 0.2) is 5.60 Å². The number of fused-ring (bicyclic) bond motifs is 1. The molecule has 4 rings (SSSR count). The third-order valence-corrected chi connectivity index (χ3v) is 4.85. The first-order valence-corrected chi connectivity index (χ1v) is 8.43. The first-order valence-electron chi connectivity index (χ1n) is 8.43. The summed E-state index contributed by atoms with van der Waals surface area (Å²) >= 11 is 0. The molecular weight excluding hydrogens is 343 g/mol. The van der Waals surface area contributed by atoms with Gasteiger partial charge in [-0.05, 0) is 29.8 Å². The molecule has 0 fully saturated rings. The summed E-state index contributed by atoms with van der Waals surface area (Å²) in [4.78, 5) is 14.7. The van der Waals surface area contributed by atoms with E-state index in [2.05, 4.69) is 6.07 Å². The van der Waals surface area contributed by atoms with Gasteiger partial charge in [-0.2, -0.15) is 5.26 Å². The maximum absolute atomic E-state index is 13.8. The molecule has 3 aromatic carbocycles. The van der Waals surface area contributed by atoms with Gasteiger partial charge in [0, 0.05) is 11.1 Å². The fraction of sp³-hybridized carbons (Fsp3) is 0.0909. The normalized spacial score (nSPS) is 18.3. The van der Waals surface area contributed by atoms with Crippen LogP contribution in [0.4, 0.5) is 10.1 Å². The van der Waals surface area contributed by atoms with E-state index in [1.54, 1.807) is 48.5 Å². The van der Waals surface area contributed by atoms with Crippen molar-refractivity contribution in [2.24, 2.45) is 0 Å². The Labute approximate surface area is 155 Å². The van der Waals surface area contributed by atoms with Crippen molar-refractivity contribution < 1.29 is 14.3 Å². The lowest BCUT2D eigenvalue weighted by atomic mass is 9.87. The Morgan fingerprint density at radius 2 is 1.78 bits per heavy atom. The first kappa shape index (κ1) is 17.0. The monoisotopic (exact) mass is 358 g/mol. The minimum Gasteiger partial charge on any atom is -0.372 e. The number of carbonyl (C=O) groups is 1. The third kappa shape index (κ3) is 2.59. The van der Waals surface area contributed by atoms with Crippen LogP contribution in [0.15, 0.2) is 72.8 Å². The number of rotatable bonds is 3. The van der Waals surface area contributed by atoms with Crippen LogP contribution in [0, 0.1) is 17.1 Å². The van der Waals surface area contributed by atoms with Crippen LogP contribution < -0.4 is 4.90 Å². The highest BCUT2D eigenvalue weighted by Crippen LogP contribution is 2.45. The van der Waals surface area contributed by atoms with E-state index in [-0.39, 0.29) is 12.1 Å². The van der Waals surface area contributed by atoms with Crippen LogP contribution in [0.25, 0.3) is 0 Å². The molecule has 0 saturated heterocycles. The molecular formula is C22H15FN2O2. The maximum Gasteiger partial charge on any atom is 0.268 e. The third-order valence-electron chi connectivity index (χ3n) is 4.85. The molecule has 0 unspecified atom stereocenters. The number of halogens is 1. The SMILES string of the molecule is N#Cc1ccccc1CN1C(=O)[C@](O)(c2cccc(F)c2)c2ccccc21. The zero-order valence-electron chi connectivity index (χ0n) is 14.3. The van der Waals surface area contributed by atoms with Gasteiger partial charge in [-0.25, -0.2) is 4.39 Å². The van der Waals surface area contributed by atoms with Crippen molar-refractivity contribution in [3.05, 3.63) is 101 Å². The summed E-state index contributed by atoms with van der Waals surface area (Å²) in [5.74, 6) is -1.10. The number of anilines is 1. The zero-order chi connectivity index (χ0) is 19.0. The van der Waals surface area contributed by atoms with Gasteiger partial charge in [0.1, 0.15) is 5.82 Å². The van der Waals surface area contributed by atoms with Crippen LogP contribution in [0.5, 0.6) is 0 Å². The number of amides is 1. The van der Waals surface area contributed by atoms with E-state index in [0.717, 1.165) is 0 Å². The Morgan fingerprint density at radius 1 is 1.04 bits per heavy atom. The van der Waals surface area contributed by atoms with Crippen molar-refractivity contribution in [1.29, 1.82) is 5.26 Å². The van der Waals surface area contributed by atoms with Crippen molar-refractivity contribution in [2.45, 2.75) is 12.1 Å². The Hall–Kier alpha value is -3.49. The maximum atomic E-state index is 13.8. The largest absolute Gasteiger partial charge is 0.372 e. The van der Waals surface area contributed by atoms with Gasteiger partial charge >= 0.3 is 0 Å². The van der Waals surface area contributed by atoms with E-state index in [4.69, 9.17) is 0 Å². The van der Waals surface area contributed by atoms with Crippen molar-refractivity contribution in [3.63, 3.8) is 0 Å². The predicted octanol–water partition coefficient (Wildman–Crippen LogP) is 3.48. The van der Waals surface area contributed by atoms with Gasteiger partial charge in [0.2, 0.25) is 0 Å². The van der Waals surface area contributed by atoms with Gasteiger partial charge in [0.05, 0.1) is 23.9 Å². The molecule has 4 nitrogen and oxygen atoms in total. The molecule has 1 atom stereocenters. The summed E-state index contributed by atoms with van der Waals surface area (Å²) in [6.45, 7) is 0.136. The number of aliphatic hydroxyl groups is 1. The molecule has 1 amide bonds. The molecule has 132 valence electrons. The van der Waals surface area contributed by atoms with E-state index in [1.165, 1.54) is 29.2 Å². The summed E-state index contributed by atoms with van der Waals surface area (Å²) in [6.07, 6.45) is 0. The zero-order valence-corrected chi connectivity index (χ0v) is 14.3. The quantitative estimate of drug-likeness (QED) is 0.780. The second-order valence-electron chi connectivity index (χ2n) is 6.40. The molecule has 1 N–H and O–H groups in total. The van der Waals surface area contributed by atoms with E-state index < -0.39 is 17.3 Å². The van der Waals surface area contributed by atoms with Crippen LogP contribution in [0.1, 0.15) is 22.3 Å². The fourth-order valence-electron chi connectivity index (χ4n) is 3.52. The fourth-order valence-corrected chi connectivity index (χ4v) is 3.52. The number of para-hydroxylation sites is 1. The van der Waals surface area contributed by atoms with Crippen LogP contribution in [-0.4, -0.2) is 11.0 Å². The van der Waals surface area contributed by atoms with Crippen molar-refractivity contribution in [1.82, 2.24) is 0 Å². The second kappa shape index (κ2) is 6.35. The van der Waals surface area contributed by atoms with Crippen molar-refractivity contribution in [3.8, 4) is 6.07 Å². The Morgan fingerprint density at radius 3 is 2.56 bits per heavy atom. The molecule has 3 aromatic rings. The second-order valence-corrected chi connectivity index (χ2v) is 6.40. The molecule has 1 aliphatic heterocycles. The lowest BCUT2D eigenvalue weighted by molar-refractivity contribution is -0.132. The van der Waals surface area contributed by atoms with Gasteiger partial charge < -0.3 is 10.0 Å². The minimum absolute atomic E-state index is 0.136. The lowest BCUT2D eigenvalue weighted by Crippen LogP contribution is -2.41. The highest BCUT2D eigenvalue weighted by Gasteiger charge is 2.51. The lowest BCUT2D eigenvalue weighted by Gasteiger charge is -2.24. The molecule has 27 heavy (non-hydrogen) atoms. The summed E-state index contributed by atoms with van der Waals surface area (Å²) in [7, 11) is 0. The average Bonchev–Trinajstić information content (AvgIpc) is 2.91. The Bertz CT molecular complexity index is 1090. The molecule has 5 heteroatoms. The molecule has 0 radical (unpaired) electrons. The van der Waals surface area contributed by atoms with E-state index in [1.807, 2.05) is 0 Å². The predicted molar refractivity (Wildman–Crippen MR) is 98.2 cm³/mol. The van der Waals surface area contributed by atoms with Crippen LogP contribution in [0.3, 0.4) is 0 Å². The van der Waals surface area contributed by atoms with Gasteiger partial charge in [-0.3, -0.25) is 4.79 Å². The van der Waals surface area contributed by atoms with Crippen LogP contribution in [0.2, 0.25) is 0 Å². The van der Waals surface area contributed by atoms with Gasteiger partial charge in [-0.1, -0.05) is 48.5 Å². The Kier molecular flexibility index (Phi) is 3.98. The first-order chi connectivity index (χ1) is 13.1. The highest BCUT2D eigenvalue weighted by molar-refractivity contribution is 6.09. The van der Waals surface area contributed by atoms with Crippen LogP contribution >= 0.6 is 0 Å². The number of nitriles is 1. The molecule has 0 spiro atoms. The smallest absolute Gasteiger partial charge is 0.268 e. The summed E-state index contributed by atoms with van der Waals surface area (Å²) in [5, 5.41) is 20.7. The molecule has 0 aromatic heterocycles. The number of hydrogen-bond acceptors (Lipinski definition) is 3. The summed E-state index contributed by atoms with van der Waals surface area (Å²) in [6, 6.07) is 21.4. The number of hydrogen-bond donors (Lipinski definition) is 1. The number of benzene rings is 3. The molecule has 0 aliphatic carbocycles. The van der Waals surface area contributed by atoms with Crippen molar-refractivity contribution in [2.75, 3.05) is 4.90 Å². The van der Waals surface area contributed by atoms with Crippen LogP contribution in [-0.2, 0) is 16.9 Å². The van der Waals surface area contributed by atoms with E-state index in [9.17, 15) is 19.6 Å². The van der Waals surface area contributed by atoms with E-state index in [0.29, 0.717) is 22.4 Å². The Balaban J connectivity index is 1.84. The van der Waals surface area contributed by atoms with Gasteiger partial charge in [0.25, 0.3) is 5.91 Å². The molecule has 0 saturated carbocycles. The molecule has 1 heterocycles. The molecule has 1 aliphatic rings. The average molecular weight is 358 g/mol.